The smallest absolute Gasteiger partial charge is 0.247 e. The number of nitrogens with one attached hydrogen (secondary N) is 1. The quantitative estimate of drug-likeness (QED) is 0.376. The van der Waals surface area contributed by atoms with Crippen LogP contribution in [-0.2, 0) is 16.1 Å². The van der Waals surface area contributed by atoms with Gasteiger partial charge in [-0.3, -0.25) is 9.59 Å². The monoisotopic (exact) mass is 462 g/mol. The maximum absolute atomic E-state index is 13.2. The topological polar surface area (TPSA) is 67.2 Å². The number of hydrogen-bond acceptors (Lipinski definition) is 4. The van der Waals surface area contributed by atoms with Gasteiger partial charge in [0, 0.05) is 17.9 Å². The lowest BCUT2D eigenvalue weighted by atomic mass is 10.2. The molecule has 33 heavy (non-hydrogen) atoms. The van der Waals surface area contributed by atoms with Crippen LogP contribution in [-0.4, -0.2) is 33.7 Å². The van der Waals surface area contributed by atoms with Crippen LogP contribution in [0.15, 0.2) is 84.0 Å². The Balaban J connectivity index is 1.52. The number of likely N-dealkylation sites (N-methyl/N-ethyl adjacent to an activating group) is 1. The predicted molar refractivity (Wildman–Crippen MR) is 130 cm³/mol. The van der Waals surface area contributed by atoms with Gasteiger partial charge in [-0.25, -0.2) is 9.37 Å². The van der Waals surface area contributed by atoms with E-state index in [-0.39, 0.29) is 29.9 Å². The Morgan fingerprint density at radius 3 is 2.42 bits per heavy atom. The third kappa shape index (κ3) is 5.40. The van der Waals surface area contributed by atoms with Crippen LogP contribution in [0, 0.1) is 5.82 Å². The van der Waals surface area contributed by atoms with Crippen LogP contribution in [0.4, 0.5) is 15.8 Å². The number of para-hydroxylation sites is 3. The van der Waals surface area contributed by atoms with Crippen LogP contribution >= 0.6 is 11.8 Å². The molecule has 3 aromatic carbocycles. The zero-order chi connectivity index (χ0) is 23.2. The number of carbonyl (C=O) groups excluding carboxylic acids is 2. The number of nitrogens with zero attached hydrogens (tertiary/aromatic N) is 3. The summed E-state index contributed by atoms with van der Waals surface area (Å²) in [6.07, 6.45) is 0. The van der Waals surface area contributed by atoms with Gasteiger partial charge in [-0.2, -0.15) is 0 Å². The summed E-state index contributed by atoms with van der Waals surface area (Å²) in [5.74, 6) is -0.566. The first-order valence-corrected chi connectivity index (χ1v) is 11.5. The average molecular weight is 463 g/mol. The van der Waals surface area contributed by atoms with Crippen molar-refractivity contribution in [3.63, 3.8) is 0 Å². The molecule has 0 bridgehead atoms. The van der Waals surface area contributed by atoms with Crippen LogP contribution in [0.2, 0.25) is 0 Å². The Morgan fingerprint density at radius 2 is 1.70 bits per heavy atom. The molecule has 0 saturated heterocycles. The van der Waals surface area contributed by atoms with Crippen LogP contribution < -0.4 is 10.2 Å². The Morgan fingerprint density at radius 1 is 1.00 bits per heavy atom. The highest BCUT2D eigenvalue weighted by atomic mass is 32.2. The maximum Gasteiger partial charge on any atom is 0.247 e. The molecule has 1 aromatic heterocycles. The molecule has 8 heteroatoms. The maximum atomic E-state index is 13.2. The van der Waals surface area contributed by atoms with E-state index in [4.69, 9.17) is 0 Å². The van der Waals surface area contributed by atoms with Crippen LogP contribution in [0.5, 0.6) is 0 Å². The van der Waals surface area contributed by atoms with Gasteiger partial charge in [0.2, 0.25) is 11.8 Å². The van der Waals surface area contributed by atoms with Gasteiger partial charge in [-0.1, -0.05) is 42.1 Å². The van der Waals surface area contributed by atoms with Crippen molar-refractivity contribution in [3.8, 4) is 0 Å². The number of rotatable bonds is 8. The van der Waals surface area contributed by atoms with Crippen molar-refractivity contribution >= 4 is 46.0 Å². The summed E-state index contributed by atoms with van der Waals surface area (Å²) < 4.78 is 14.9. The van der Waals surface area contributed by atoms with Crippen molar-refractivity contribution in [3.05, 3.63) is 84.7 Å². The summed E-state index contributed by atoms with van der Waals surface area (Å²) in [5, 5.41) is 3.33. The molecule has 1 heterocycles. The lowest BCUT2D eigenvalue weighted by Gasteiger charge is -2.22. The first-order chi connectivity index (χ1) is 16.0. The van der Waals surface area contributed by atoms with E-state index in [1.54, 1.807) is 4.90 Å². The van der Waals surface area contributed by atoms with Gasteiger partial charge in [-0.05, 0) is 55.5 Å². The van der Waals surface area contributed by atoms with Crippen LogP contribution in [0.1, 0.15) is 6.92 Å². The van der Waals surface area contributed by atoms with Gasteiger partial charge in [-0.15, -0.1) is 0 Å². The molecule has 4 rings (SSSR count). The number of anilines is 2. The lowest BCUT2D eigenvalue weighted by molar-refractivity contribution is -0.119. The van der Waals surface area contributed by atoms with Crippen molar-refractivity contribution in [1.82, 2.24) is 9.55 Å². The average Bonchev–Trinajstić information content (AvgIpc) is 3.18. The van der Waals surface area contributed by atoms with Crippen molar-refractivity contribution < 1.29 is 14.0 Å². The number of amides is 2. The highest BCUT2D eigenvalue weighted by Gasteiger charge is 2.19. The van der Waals surface area contributed by atoms with E-state index < -0.39 is 0 Å². The molecule has 0 spiro atoms. The molecule has 6 nitrogen and oxygen atoms in total. The third-order valence-corrected chi connectivity index (χ3v) is 6.03. The number of thioether (sulfide) groups is 1. The van der Waals surface area contributed by atoms with Crippen LogP contribution in [0.3, 0.4) is 0 Å². The number of fused-ring (bicyclic) bond motifs is 1. The molecule has 0 aliphatic carbocycles. The van der Waals surface area contributed by atoms with E-state index >= 15 is 0 Å². The van der Waals surface area contributed by atoms with Gasteiger partial charge >= 0.3 is 0 Å². The molecule has 2 amide bonds. The fourth-order valence-corrected chi connectivity index (χ4v) is 4.32. The molecular formula is C25H23FN4O2S. The molecule has 168 valence electrons. The fraction of sp³-hybridized carbons (Fsp3) is 0.160. The van der Waals surface area contributed by atoms with E-state index in [0.717, 1.165) is 16.7 Å². The summed E-state index contributed by atoms with van der Waals surface area (Å²) in [6, 6.07) is 22.7. The van der Waals surface area contributed by atoms with Gasteiger partial charge < -0.3 is 14.8 Å². The van der Waals surface area contributed by atoms with E-state index in [2.05, 4.69) is 10.3 Å². The number of hydrogen-bond donors (Lipinski definition) is 1. The summed E-state index contributed by atoms with van der Waals surface area (Å²) in [7, 11) is 0. The zero-order valence-electron chi connectivity index (χ0n) is 18.1. The number of halogens is 1. The summed E-state index contributed by atoms with van der Waals surface area (Å²) in [6.45, 7) is 2.58. The second-order valence-electron chi connectivity index (χ2n) is 7.29. The number of imidazole rings is 1. The molecule has 0 unspecified atom stereocenters. The van der Waals surface area contributed by atoms with E-state index in [1.807, 2.05) is 66.1 Å². The molecule has 0 fully saturated rings. The second kappa shape index (κ2) is 10.3. The first kappa shape index (κ1) is 22.5. The highest BCUT2D eigenvalue weighted by molar-refractivity contribution is 7.99. The standard InChI is InChI=1S/C25H23FN4O2S/c1-2-29(20-8-4-3-5-9-20)24(32)16-30-22-11-7-6-10-21(22)28-25(30)33-17-23(31)27-19-14-12-18(26)13-15-19/h3-15H,2,16-17H2,1H3,(H,27,31). The minimum absolute atomic E-state index is 0.0653. The molecule has 0 aliphatic heterocycles. The summed E-state index contributed by atoms with van der Waals surface area (Å²) in [5.41, 5.74) is 2.94. The summed E-state index contributed by atoms with van der Waals surface area (Å²) >= 11 is 1.26. The number of carbonyl (C=O) groups is 2. The molecule has 4 aromatic rings. The van der Waals surface area contributed by atoms with Crippen LogP contribution in [0.25, 0.3) is 11.0 Å². The largest absolute Gasteiger partial charge is 0.325 e. The van der Waals surface area contributed by atoms with Crippen molar-refractivity contribution in [1.29, 1.82) is 0 Å². The van der Waals surface area contributed by atoms with Gasteiger partial charge in [0.15, 0.2) is 5.16 Å². The highest BCUT2D eigenvalue weighted by Crippen LogP contribution is 2.25. The molecule has 0 radical (unpaired) electrons. The molecule has 0 saturated carbocycles. The lowest BCUT2D eigenvalue weighted by Crippen LogP contribution is -2.33. The molecule has 1 N–H and O–H groups in total. The Labute approximate surface area is 195 Å². The zero-order valence-corrected chi connectivity index (χ0v) is 18.9. The van der Waals surface area contributed by atoms with Crippen molar-refractivity contribution in [2.45, 2.75) is 18.6 Å². The van der Waals surface area contributed by atoms with E-state index in [1.165, 1.54) is 36.0 Å². The SMILES string of the molecule is CCN(C(=O)Cn1c(SCC(=O)Nc2ccc(F)cc2)nc2ccccc21)c1ccccc1. The Hall–Kier alpha value is -3.65. The van der Waals surface area contributed by atoms with Gasteiger partial charge in [0.1, 0.15) is 12.4 Å². The van der Waals surface area contributed by atoms with Crippen molar-refractivity contribution in [2.75, 3.05) is 22.5 Å². The number of aromatic nitrogens is 2. The fourth-order valence-electron chi connectivity index (χ4n) is 3.51. The Kier molecular flexibility index (Phi) is 7.04. The molecule has 0 aliphatic rings. The minimum Gasteiger partial charge on any atom is -0.325 e. The van der Waals surface area contributed by atoms with E-state index in [9.17, 15) is 14.0 Å². The second-order valence-corrected chi connectivity index (χ2v) is 8.23. The number of benzene rings is 3. The van der Waals surface area contributed by atoms with E-state index in [0.29, 0.717) is 17.4 Å². The normalized spacial score (nSPS) is 10.8. The summed E-state index contributed by atoms with van der Waals surface area (Å²) in [4.78, 5) is 32.0. The molecule has 0 atom stereocenters. The Bertz CT molecular complexity index is 1260. The third-order valence-electron chi connectivity index (χ3n) is 5.06. The predicted octanol–water partition coefficient (Wildman–Crippen LogP) is 4.96. The minimum atomic E-state index is -0.364. The van der Waals surface area contributed by atoms with Gasteiger partial charge in [0.25, 0.3) is 0 Å². The van der Waals surface area contributed by atoms with Crippen molar-refractivity contribution in [2.24, 2.45) is 0 Å². The molecular weight excluding hydrogens is 439 g/mol. The van der Waals surface area contributed by atoms with Gasteiger partial charge in [0.05, 0.1) is 16.8 Å². The first-order valence-electron chi connectivity index (χ1n) is 10.5.